The predicted molar refractivity (Wildman–Crippen MR) is 115 cm³/mol. The molecule has 2 aliphatic rings. The molecule has 0 N–H and O–H groups in total. The van der Waals surface area contributed by atoms with Gasteiger partial charge in [-0.1, -0.05) is 6.07 Å². The van der Waals surface area contributed by atoms with Crippen molar-refractivity contribution in [3.63, 3.8) is 0 Å². The van der Waals surface area contributed by atoms with E-state index < -0.39 is 12.2 Å². The molecule has 0 spiro atoms. The number of hydrogen-bond acceptors (Lipinski definition) is 6. The number of rotatable bonds is 4. The lowest BCUT2D eigenvalue weighted by Gasteiger charge is -2.40. The van der Waals surface area contributed by atoms with Gasteiger partial charge in [0.25, 0.3) is 0 Å². The summed E-state index contributed by atoms with van der Waals surface area (Å²) in [4.78, 5) is 28.4. The molecule has 2 aliphatic heterocycles. The molecule has 1 atom stereocenters. The van der Waals surface area contributed by atoms with Gasteiger partial charge in [-0.05, 0) is 38.5 Å². The fourth-order valence-electron chi connectivity index (χ4n) is 3.89. The van der Waals surface area contributed by atoms with Gasteiger partial charge < -0.3 is 14.2 Å². The van der Waals surface area contributed by atoms with Crippen molar-refractivity contribution in [1.82, 2.24) is 9.78 Å². The van der Waals surface area contributed by atoms with Crippen LogP contribution in [0.5, 0.6) is 0 Å². The molecule has 9 heteroatoms. The molecule has 1 fully saturated rings. The lowest BCUT2D eigenvalue weighted by atomic mass is 10.0. The van der Waals surface area contributed by atoms with Crippen LogP contribution in [-0.4, -0.2) is 61.0 Å². The Morgan fingerprint density at radius 2 is 1.97 bits per heavy atom. The second-order valence-corrected chi connectivity index (χ2v) is 8.29. The first-order valence-corrected chi connectivity index (χ1v) is 10.5. The van der Waals surface area contributed by atoms with E-state index in [1.54, 1.807) is 9.80 Å². The number of methoxy groups -OCH3 is 1. The summed E-state index contributed by atoms with van der Waals surface area (Å²) in [5.74, 6) is 0.493. The van der Waals surface area contributed by atoms with Crippen LogP contribution in [0, 0.1) is 5.92 Å². The summed E-state index contributed by atoms with van der Waals surface area (Å²) in [5.41, 5.74) is 3.04. The zero-order valence-electron chi connectivity index (χ0n) is 18.3. The van der Waals surface area contributed by atoms with Crippen LogP contribution in [-0.2, 0) is 20.8 Å². The number of anilines is 2. The summed E-state index contributed by atoms with van der Waals surface area (Å²) in [6.45, 7) is 8.14. The van der Waals surface area contributed by atoms with Crippen molar-refractivity contribution in [3.8, 4) is 11.1 Å². The molecule has 1 aromatic heterocycles. The molecule has 1 aromatic carbocycles. The lowest BCUT2D eigenvalue weighted by molar-refractivity contribution is -0.0408. The van der Waals surface area contributed by atoms with Gasteiger partial charge in [-0.25, -0.2) is 9.59 Å². The Morgan fingerprint density at radius 1 is 1.19 bits per heavy atom. The minimum atomic E-state index is -0.464. The molecule has 9 nitrogen and oxygen atoms in total. The highest BCUT2D eigenvalue weighted by molar-refractivity contribution is 6.01. The standard InChI is InChI=1S/C22H28N4O5/c1-14(2)31-21(27)25-9-15(3)26(22(28)29-4)19-6-5-17(7-20(19)25)18-8-23-24(11-18)10-16-12-30-13-16/h5-8,11,14-16H,9-10,12-13H2,1-4H3/t15-/m0/s1. The van der Waals surface area contributed by atoms with Crippen LogP contribution in [0.15, 0.2) is 30.6 Å². The maximum absolute atomic E-state index is 12.8. The van der Waals surface area contributed by atoms with Crippen LogP contribution < -0.4 is 9.80 Å². The quantitative estimate of drug-likeness (QED) is 0.741. The Kier molecular flexibility index (Phi) is 5.86. The lowest BCUT2D eigenvalue weighted by Crippen LogP contribution is -2.52. The van der Waals surface area contributed by atoms with Gasteiger partial charge in [0.05, 0.1) is 56.6 Å². The number of aromatic nitrogens is 2. The van der Waals surface area contributed by atoms with Gasteiger partial charge in [-0.2, -0.15) is 5.10 Å². The molecule has 2 amide bonds. The van der Waals surface area contributed by atoms with E-state index in [0.717, 1.165) is 30.9 Å². The van der Waals surface area contributed by atoms with Crippen LogP contribution >= 0.6 is 0 Å². The molecule has 2 aromatic rings. The third kappa shape index (κ3) is 4.23. The van der Waals surface area contributed by atoms with Crippen molar-refractivity contribution in [3.05, 3.63) is 30.6 Å². The van der Waals surface area contributed by atoms with E-state index >= 15 is 0 Å². The van der Waals surface area contributed by atoms with E-state index in [0.29, 0.717) is 23.8 Å². The highest BCUT2D eigenvalue weighted by Crippen LogP contribution is 2.39. The largest absolute Gasteiger partial charge is 0.452 e. The Bertz CT molecular complexity index is 969. The molecule has 0 bridgehead atoms. The maximum atomic E-state index is 12.8. The summed E-state index contributed by atoms with van der Waals surface area (Å²) in [6.07, 6.45) is 2.64. The van der Waals surface area contributed by atoms with E-state index in [4.69, 9.17) is 14.2 Å². The van der Waals surface area contributed by atoms with Crippen LogP contribution in [0.2, 0.25) is 0 Å². The molecule has 0 saturated carbocycles. The van der Waals surface area contributed by atoms with Crippen molar-refractivity contribution in [2.24, 2.45) is 5.92 Å². The molecule has 0 unspecified atom stereocenters. The number of carbonyl (C=O) groups excluding carboxylic acids is 2. The van der Waals surface area contributed by atoms with Crippen LogP contribution in [0.25, 0.3) is 11.1 Å². The van der Waals surface area contributed by atoms with Crippen LogP contribution in [0.3, 0.4) is 0 Å². The molecule has 0 radical (unpaired) electrons. The van der Waals surface area contributed by atoms with E-state index in [1.807, 2.05) is 56.0 Å². The number of nitrogens with zero attached hydrogens (tertiary/aromatic N) is 4. The second-order valence-electron chi connectivity index (χ2n) is 8.29. The first-order valence-electron chi connectivity index (χ1n) is 10.5. The molecule has 1 saturated heterocycles. The molecular weight excluding hydrogens is 400 g/mol. The summed E-state index contributed by atoms with van der Waals surface area (Å²) in [7, 11) is 1.35. The first kappa shape index (κ1) is 21.2. The van der Waals surface area contributed by atoms with Crippen molar-refractivity contribution in [2.75, 3.05) is 36.7 Å². The number of ether oxygens (including phenoxy) is 3. The SMILES string of the molecule is COC(=O)N1c2ccc(-c3cnn(CC4COC4)c3)cc2N(C(=O)OC(C)C)C[C@@H]1C. The van der Waals surface area contributed by atoms with Crippen LogP contribution in [0.4, 0.5) is 21.0 Å². The fourth-order valence-corrected chi connectivity index (χ4v) is 3.89. The third-order valence-corrected chi connectivity index (χ3v) is 5.46. The summed E-state index contributed by atoms with van der Waals surface area (Å²) < 4.78 is 17.6. The third-order valence-electron chi connectivity index (χ3n) is 5.46. The predicted octanol–water partition coefficient (Wildman–Crippen LogP) is 3.52. The molecule has 0 aliphatic carbocycles. The topological polar surface area (TPSA) is 86.1 Å². The monoisotopic (exact) mass is 428 g/mol. The van der Waals surface area contributed by atoms with Gasteiger partial charge >= 0.3 is 12.2 Å². The molecule has 166 valence electrons. The minimum absolute atomic E-state index is 0.248. The zero-order valence-corrected chi connectivity index (χ0v) is 18.3. The van der Waals surface area contributed by atoms with Gasteiger partial charge in [0.15, 0.2) is 0 Å². The molecule has 3 heterocycles. The van der Waals surface area contributed by atoms with Gasteiger partial charge in [0, 0.05) is 24.2 Å². The van der Waals surface area contributed by atoms with Crippen molar-refractivity contribution in [2.45, 2.75) is 39.5 Å². The summed E-state index contributed by atoms with van der Waals surface area (Å²) in [6, 6.07) is 5.39. The van der Waals surface area contributed by atoms with Crippen molar-refractivity contribution >= 4 is 23.6 Å². The van der Waals surface area contributed by atoms with Crippen molar-refractivity contribution < 1.29 is 23.8 Å². The first-order chi connectivity index (χ1) is 14.9. The number of fused-ring (bicyclic) bond motifs is 1. The van der Waals surface area contributed by atoms with Gasteiger partial charge in [-0.3, -0.25) is 14.5 Å². The van der Waals surface area contributed by atoms with Crippen LogP contribution in [0.1, 0.15) is 20.8 Å². The highest BCUT2D eigenvalue weighted by atomic mass is 16.6. The summed E-state index contributed by atoms with van der Waals surface area (Å²) in [5, 5.41) is 4.46. The van der Waals surface area contributed by atoms with Crippen molar-refractivity contribution in [1.29, 1.82) is 0 Å². The Balaban J connectivity index is 1.69. The zero-order chi connectivity index (χ0) is 22.1. The molecule has 4 rings (SSSR count). The van der Waals surface area contributed by atoms with E-state index in [1.165, 1.54) is 7.11 Å². The molecule has 31 heavy (non-hydrogen) atoms. The van der Waals surface area contributed by atoms with Gasteiger partial charge in [0.1, 0.15) is 0 Å². The second kappa shape index (κ2) is 8.58. The smallest absolute Gasteiger partial charge is 0.414 e. The Hall–Kier alpha value is -3.07. The maximum Gasteiger partial charge on any atom is 0.414 e. The average molecular weight is 428 g/mol. The Labute approximate surface area is 181 Å². The number of amides is 2. The summed E-state index contributed by atoms with van der Waals surface area (Å²) >= 11 is 0. The minimum Gasteiger partial charge on any atom is -0.452 e. The Morgan fingerprint density at radius 3 is 2.61 bits per heavy atom. The van der Waals surface area contributed by atoms with E-state index in [9.17, 15) is 9.59 Å². The van der Waals surface area contributed by atoms with Gasteiger partial charge in [0.2, 0.25) is 0 Å². The normalized spacial score (nSPS) is 18.5. The molecular formula is C22H28N4O5. The number of carbonyl (C=O) groups is 2. The van der Waals surface area contributed by atoms with Gasteiger partial charge in [-0.15, -0.1) is 0 Å². The fraction of sp³-hybridized carbons (Fsp3) is 0.500. The number of benzene rings is 1. The highest BCUT2D eigenvalue weighted by Gasteiger charge is 2.36. The van der Waals surface area contributed by atoms with E-state index in [2.05, 4.69) is 5.10 Å². The average Bonchev–Trinajstić information content (AvgIpc) is 3.17. The van der Waals surface area contributed by atoms with E-state index in [-0.39, 0.29) is 12.1 Å². The number of hydrogen-bond donors (Lipinski definition) is 0.